The van der Waals surface area contributed by atoms with Gasteiger partial charge in [-0.2, -0.15) is 0 Å². The van der Waals surface area contributed by atoms with Crippen LogP contribution in [0.5, 0.6) is 0 Å². The SMILES string of the molecule is Cc1c(C(=O)N2CCC3(CC2)c2nc[nH]c2CCN3C)sc2ccccc12. The van der Waals surface area contributed by atoms with E-state index in [1.807, 2.05) is 23.4 Å². The van der Waals surface area contributed by atoms with Gasteiger partial charge in [-0.1, -0.05) is 18.2 Å². The first-order chi connectivity index (χ1) is 13.1. The number of aryl methyl sites for hydroxylation is 1. The molecular formula is C21H24N4OS. The summed E-state index contributed by atoms with van der Waals surface area (Å²) in [7, 11) is 2.20. The predicted molar refractivity (Wildman–Crippen MR) is 108 cm³/mol. The van der Waals surface area contributed by atoms with Crippen LogP contribution in [0.4, 0.5) is 0 Å². The summed E-state index contributed by atoms with van der Waals surface area (Å²) >= 11 is 1.62. The van der Waals surface area contributed by atoms with Gasteiger partial charge in [0.1, 0.15) is 0 Å². The van der Waals surface area contributed by atoms with Crippen LogP contribution in [0.1, 0.15) is 39.5 Å². The lowest BCUT2D eigenvalue weighted by molar-refractivity contribution is 0.0228. The first-order valence-electron chi connectivity index (χ1n) is 9.61. The number of likely N-dealkylation sites (tertiary alicyclic amines) is 1. The quantitative estimate of drug-likeness (QED) is 0.702. The zero-order chi connectivity index (χ0) is 18.6. The molecule has 1 saturated heterocycles. The minimum Gasteiger partial charge on any atom is -0.348 e. The summed E-state index contributed by atoms with van der Waals surface area (Å²) in [6, 6.07) is 8.29. The number of H-pyrrole nitrogens is 1. The molecule has 2 aromatic heterocycles. The van der Waals surface area contributed by atoms with E-state index in [0.29, 0.717) is 0 Å². The average molecular weight is 381 g/mol. The second kappa shape index (κ2) is 6.17. The van der Waals surface area contributed by atoms with Crippen molar-refractivity contribution in [1.29, 1.82) is 0 Å². The molecule has 2 aliphatic rings. The monoisotopic (exact) mass is 380 g/mol. The molecular weight excluding hydrogens is 356 g/mol. The van der Waals surface area contributed by atoms with Gasteiger partial charge in [0.2, 0.25) is 0 Å². The summed E-state index contributed by atoms with van der Waals surface area (Å²) < 4.78 is 1.19. The Bertz CT molecular complexity index is 1010. The Morgan fingerprint density at radius 3 is 2.78 bits per heavy atom. The minimum absolute atomic E-state index is 0.0282. The number of nitrogens with one attached hydrogen (secondary N) is 1. The zero-order valence-electron chi connectivity index (χ0n) is 15.8. The largest absolute Gasteiger partial charge is 0.348 e. The van der Waals surface area contributed by atoms with Gasteiger partial charge in [0.05, 0.1) is 22.4 Å². The lowest BCUT2D eigenvalue weighted by Crippen LogP contribution is -2.55. The van der Waals surface area contributed by atoms with Gasteiger partial charge in [-0.3, -0.25) is 9.69 Å². The van der Waals surface area contributed by atoms with Crippen LogP contribution in [-0.4, -0.2) is 52.4 Å². The number of thiophene rings is 1. The van der Waals surface area contributed by atoms with Crippen molar-refractivity contribution in [3.8, 4) is 0 Å². The molecule has 1 N–H and O–H groups in total. The normalized spacial score (nSPS) is 19.6. The molecule has 1 spiro atoms. The average Bonchev–Trinajstić information content (AvgIpc) is 3.31. The Balaban J connectivity index is 1.41. The lowest BCUT2D eigenvalue weighted by Gasteiger charge is -2.49. The molecule has 0 unspecified atom stereocenters. The third kappa shape index (κ3) is 2.47. The van der Waals surface area contributed by atoms with Crippen molar-refractivity contribution >= 4 is 27.3 Å². The van der Waals surface area contributed by atoms with E-state index in [1.54, 1.807) is 11.3 Å². The van der Waals surface area contributed by atoms with Gasteiger partial charge in [0.15, 0.2) is 0 Å². The van der Waals surface area contributed by atoms with E-state index in [4.69, 9.17) is 0 Å². The highest BCUT2D eigenvalue weighted by molar-refractivity contribution is 7.21. The van der Waals surface area contributed by atoms with Crippen LogP contribution in [0.15, 0.2) is 30.6 Å². The van der Waals surface area contributed by atoms with Gasteiger partial charge in [0, 0.05) is 36.4 Å². The number of hydrogen-bond donors (Lipinski definition) is 1. The van der Waals surface area contributed by atoms with Crippen molar-refractivity contribution in [3.63, 3.8) is 0 Å². The maximum atomic E-state index is 13.2. The Kier molecular flexibility index (Phi) is 3.88. The first-order valence-corrected chi connectivity index (χ1v) is 10.4. The molecule has 1 fully saturated rings. The number of fused-ring (bicyclic) bond motifs is 3. The number of nitrogens with zero attached hydrogens (tertiary/aromatic N) is 3. The van der Waals surface area contributed by atoms with Crippen LogP contribution in [0.2, 0.25) is 0 Å². The predicted octanol–water partition coefficient (Wildman–Crippen LogP) is 3.55. The first kappa shape index (κ1) is 17.0. The fraction of sp³-hybridized carbons (Fsp3) is 0.429. The highest BCUT2D eigenvalue weighted by Crippen LogP contribution is 2.42. The maximum absolute atomic E-state index is 13.2. The molecule has 2 aliphatic heterocycles. The molecule has 1 amide bonds. The molecule has 6 heteroatoms. The molecule has 27 heavy (non-hydrogen) atoms. The van der Waals surface area contributed by atoms with E-state index in [-0.39, 0.29) is 11.4 Å². The number of benzene rings is 1. The lowest BCUT2D eigenvalue weighted by atomic mass is 9.79. The van der Waals surface area contributed by atoms with Crippen LogP contribution in [-0.2, 0) is 12.0 Å². The van der Waals surface area contributed by atoms with Crippen molar-refractivity contribution < 1.29 is 4.79 Å². The van der Waals surface area contributed by atoms with Crippen molar-refractivity contribution in [2.45, 2.75) is 31.7 Å². The van der Waals surface area contributed by atoms with Crippen LogP contribution >= 0.6 is 11.3 Å². The summed E-state index contributed by atoms with van der Waals surface area (Å²) in [5, 5.41) is 1.20. The highest BCUT2D eigenvalue weighted by Gasteiger charge is 2.45. The van der Waals surface area contributed by atoms with Crippen molar-refractivity contribution in [2.24, 2.45) is 0 Å². The molecule has 0 radical (unpaired) electrons. The molecule has 5 nitrogen and oxygen atoms in total. The van der Waals surface area contributed by atoms with E-state index in [0.717, 1.165) is 49.3 Å². The number of imidazole rings is 1. The van der Waals surface area contributed by atoms with Crippen LogP contribution in [0.25, 0.3) is 10.1 Å². The number of aromatic nitrogens is 2. The van der Waals surface area contributed by atoms with Crippen molar-refractivity contribution in [1.82, 2.24) is 19.8 Å². The van der Waals surface area contributed by atoms with Crippen LogP contribution < -0.4 is 0 Å². The topological polar surface area (TPSA) is 52.2 Å². The Morgan fingerprint density at radius 1 is 1.22 bits per heavy atom. The number of rotatable bonds is 1. The number of amides is 1. The zero-order valence-corrected chi connectivity index (χ0v) is 16.6. The highest BCUT2D eigenvalue weighted by atomic mass is 32.1. The Labute approximate surface area is 163 Å². The Hall–Kier alpha value is -2.18. The van der Waals surface area contributed by atoms with Gasteiger partial charge < -0.3 is 9.88 Å². The van der Waals surface area contributed by atoms with Gasteiger partial charge in [0.25, 0.3) is 5.91 Å². The number of carbonyl (C=O) groups excluding carboxylic acids is 1. The van der Waals surface area contributed by atoms with Gasteiger partial charge in [-0.15, -0.1) is 11.3 Å². The number of carbonyl (C=O) groups is 1. The van der Waals surface area contributed by atoms with E-state index < -0.39 is 0 Å². The molecule has 0 bridgehead atoms. The molecule has 3 aromatic rings. The maximum Gasteiger partial charge on any atom is 0.264 e. The molecule has 4 heterocycles. The number of piperidine rings is 1. The molecule has 0 aliphatic carbocycles. The third-order valence-electron chi connectivity index (χ3n) is 6.50. The molecule has 1 aromatic carbocycles. The van der Waals surface area contributed by atoms with E-state index in [2.05, 4.69) is 41.0 Å². The molecule has 0 atom stereocenters. The second-order valence-corrected chi connectivity index (χ2v) is 8.83. The number of likely N-dealkylation sites (N-methyl/N-ethyl adjacent to an activating group) is 1. The second-order valence-electron chi connectivity index (χ2n) is 7.78. The van der Waals surface area contributed by atoms with Crippen molar-refractivity contribution in [2.75, 3.05) is 26.7 Å². The van der Waals surface area contributed by atoms with Gasteiger partial charge in [-0.25, -0.2) is 4.98 Å². The Morgan fingerprint density at radius 2 is 2.00 bits per heavy atom. The molecule has 140 valence electrons. The summed E-state index contributed by atoms with van der Waals surface area (Å²) in [4.78, 5) is 26.6. The molecule has 0 saturated carbocycles. The summed E-state index contributed by atoms with van der Waals surface area (Å²) in [5.74, 6) is 0.185. The fourth-order valence-corrected chi connectivity index (χ4v) is 5.98. The van der Waals surface area contributed by atoms with E-state index >= 15 is 0 Å². The fourth-order valence-electron chi connectivity index (χ4n) is 4.81. The van der Waals surface area contributed by atoms with Crippen LogP contribution in [0.3, 0.4) is 0 Å². The van der Waals surface area contributed by atoms with Gasteiger partial charge in [-0.05, 0) is 43.8 Å². The standard InChI is InChI=1S/C21H24N4OS/c1-14-15-5-3-4-6-17(15)27-18(14)20(26)25-11-8-21(9-12-25)19-16(22-13-23-19)7-10-24(21)2/h3-6,13H,7-12H2,1-2H3,(H,22,23). The third-order valence-corrected chi connectivity index (χ3v) is 7.76. The van der Waals surface area contributed by atoms with E-state index in [1.165, 1.54) is 21.5 Å². The van der Waals surface area contributed by atoms with Crippen LogP contribution in [0, 0.1) is 6.92 Å². The summed E-state index contributed by atoms with van der Waals surface area (Å²) in [5.41, 5.74) is 3.56. The summed E-state index contributed by atoms with van der Waals surface area (Å²) in [6.07, 6.45) is 4.73. The van der Waals surface area contributed by atoms with E-state index in [9.17, 15) is 4.79 Å². The minimum atomic E-state index is -0.0282. The smallest absolute Gasteiger partial charge is 0.264 e. The van der Waals surface area contributed by atoms with Crippen molar-refractivity contribution in [3.05, 3.63) is 52.4 Å². The number of aromatic amines is 1. The molecule has 5 rings (SSSR count). The number of hydrogen-bond acceptors (Lipinski definition) is 4. The van der Waals surface area contributed by atoms with Gasteiger partial charge >= 0.3 is 0 Å². The summed E-state index contributed by atoms with van der Waals surface area (Å²) in [6.45, 7) is 4.67.